The number of benzene rings is 2. The van der Waals surface area contributed by atoms with E-state index in [2.05, 4.69) is 10.9 Å². The van der Waals surface area contributed by atoms with Crippen LogP contribution in [0.3, 0.4) is 0 Å². The van der Waals surface area contributed by atoms with Gasteiger partial charge in [0.1, 0.15) is 0 Å². The van der Waals surface area contributed by atoms with E-state index in [-0.39, 0.29) is 5.91 Å². The third-order valence-electron chi connectivity index (χ3n) is 5.40. The summed E-state index contributed by atoms with van der Waals surface area (Å²) in [4.78, 5) is 15.9. The Morgan fingerprint density at radius 3 is 2.31 bits per heavy atom. The van der Waals surface area contributed by atoms with Crippen LogP contribution in [0.15, 0.2) is 42.1 Å². The predicted molar refractivity (Wildman–Crippen MR) is 121 cm³/mol. The lowest BCUT2D eigenvalue weighted by atomic mass is 10.0. The number of aryl methyl sites for hydroxylation is 2. The van der Waals surface area contributed by atoms with Gasteiger partial charge in [-0.3, -0.25) is 10.2 Å². The van der Waals surface area contributed by atoms with Gasteiger partial charge in [-0.2, -0.15) is 13.2 Å². The topological polar surface area (TPSA) is 47.6 Å². The normalized spacial score (nSPS) is 15.1. The second kappa shape index (κ2) is 9.24. The number of hydrogen-bond donors (Lipinski definition) is 2. The summed E-state index contributed by atoms with van der Waals surface area (Å²) in [7, 11) is 3.78. The van der Waals surface area contributed by atoms with E-state index in [0.29, 0.717) is 36.5 Å². The van der Waals surface area contributed by atoms with Gasteiger partial charge in [0.15, 0.2) is 0 Å². The number of hydrazine groups is 1. The molecule has 2 aromatic carbocycles. The van der Waals surface area contributed by atoms with Crippen molar-refractivity contribution in [3.8, 4) is 0 Å². The number of rotatable bonds is 6. The Kier molecular flexibility index (Phi) is 6.83. The maximum Gasteiger partial charge on any atom is 0.416 e. The van der Waals surface area contributed by atoms with Crippen molar-refractivity contribution in [2.75, 3.05) is 32.1 Å². The lowest BCUT2D eigenvalue weighted by Crippen LogP contribution is -2.38. The Morgan fingerprint density at radius 2 is 1.72 bits per heavy atom. The monoisotopic (exact) mass is 446 g/mol. The van der Waals surface area contributed by atoms with Crippen molar-refractivity contribution >= 4 is 22.9 Å². The van der Waals surface area contributed by atoms with Gasteiger partial charge in [-0.25, -0.2) is 0 Å². The standard InChI is InChI=1S/C24H29F3N4O/c1-15-10-16(2)12-19(11-15)31-14-21(17(3)28-29-23(32)8-9-30(4)5)20-7-6-18(13-22(20)31)24(25,26)27/h6-7,10-13,28H,8-9,14H2,1-5H3,(H,29,32)/b21-17+. The molecule has 1 aliphatic heterocycles. The lowest BCUT2D eigenvalue weighted by molar-refractivity contribution is -0.137. The van der Waals surface area contributed by atoms with Crippen LogP contribution in [0.4, 0.5) is 24.5 Å². The second-order valence-corrected chi connectivity index (χ2v) is 8.49. The van der Waals surface area contributed by atoms with Crippen molar-refractivity contribution < 1.29 is 18.0 Å². The molecular formula is C24H29F3N4O. The molecule has 0 spiro atoms. The summed E-state index contributed by atoms with van der Waals surface area (Å²) in [5, 5.41) is 0. The molecule has 0 atom stereocenters. The zero-order valence-electron chi connectivity index (χ0n) is 19.0. The van der Waals surface area contributed by atoms with Crippen LogP contribution in [0.1, 0.15) is 35.6 Å². The molecular weight excluding hydrogens is 417 g/mol. The first-order chi connectivity index (χ1) is 15.0. The fourth-order valence-electron chi connectivity index (χ4n) is 3.80. The SMILES string of the molecule is C/C(NNC(=O)CCN(C)C)=C1/CN(c2cc(C)cc(C)c2)c2cc(C(F)(F)F)ccc21. The summed E-state index contributed by atoms with van der Waals surface area (Å²) in [5.41, 5.74) is 10.6. The average Bonchev–Trinajstić information content (AvgIpc) is 3.08. The van der Waals surface area contributed by atoms with E-state index in [1.807, 2.05) is 62.9 Å². The summed E-state index contributed by atoms with van der Waals surface area (Å²) < 4.78 is 40.2. The molecule has 0 fully saturated rings. The van der Waals surface area contributed by atoms with Gasteiger partial charge in [0.2, 0.25) is 5.91 Å². The lowest BCUT2D eigenvalue weighted by Gasteiger charge is -2.21. The van der Waals surface area contributed by atoms with Gasteiger partial charge in [-0.1, -0.05) is 12.1 Å². The molecule has 1 amide bonds. The van der Waals surface area contributed by atoms with Crippen molar-refractivity contribution in [2.45, 2.75) is 33.4 Å². The predicted octanol–water partition coefficient (Wildman–Crippen LogP) is 4.78. The van der Waals surface area contributed by atoms with Crippen LogP contribution >= 0.6 is 0 Å². The molecule has 2 N–H and O–H groups in total. The highest BCUT2D eigenvalue weighted by Crippen LogP contribution is 2.44. The minimum atomic E-state index is -4.43. The Balaban J connectivity index is 1.96. The third-order valence-corrected chi connectivity index (χ3v) is 5.40. The number of fused-ring (bicyclic) bond motifs is 1. The highest BCUT2D eigenvalue weighted by Gasteiger charge is 2.34. The van der Waals surface area contributed by atoms with Crippen molar-refractivity contribution in [2.24, 2.45) is 0 Å². The molecule has 0 radical (unpaired) electrons. The van der Waals surface area contributed by atoms with E-state index in [0.717, 1.165) is 28.5 Å². The second-order valence-electron chi connectivity index (χ2n) is 8.49. The van der Waals surface area contributed by atoms with E-state index in [1.165, 1.54) is 12.1 Å². The van der Waals surface area contributed by atoms with E-state index in [4.69, 9.17) is 0 Å². The number of hydrogen-bond acceptors (Lipinski definition) is 4. The number of carbonyl (C=O) groups is 1. The highest BCUT2D eigenvalue weighted by atomic mass is 19.4. The molecule has 32 heavy (non-hydrogen) atoms. The van der Waals surface area contributed by atoms with Crippen molar-refractivity contribution in [3.05, 3.63) is 64.3 Å². The van der Waals surface area contributed by atoms with Crippen molar-refractivity contribution in [1.29, 1.82) is 0 Å². The molecule has 8 heteroatoms. The molecule has 172 valence electrons. The zero-order chi connectivity index (χ0) is 23.6. The molecule has 0 bridgehead atoms. The molecule has 2 aromatic rings. The van der Waals surface area contributed by atoms with Gasteiger partial charge in [-0.05, 0) is 70.3 Å². The fraction of sp³-hybridized carbons (Fsp3) is 0.375. The molecule has 0 aromatic heterocycles. The number of alkyl halides is 3. The van der Waals surface area contributed by atoms with Crippen LogP contribution in [-0.2, 0) is 11.0 Å². The molecule has 3 rings (SSSR count). The van der Waals surface area contributed by atoms with Crippen LogP contribution in [0.5, 0.6) is 0 Å². The van der Waals surface area contributed by atoms with Gasteiger partial charge < -0.3 is 15.2 Å². The van der Waals surface area contributed by atoms with Gasteiger partial charge in [-0.15, -0.1) is 0 Å². The molecule has 5 nitrogen and oxygen atoms in total. The van der Waals surface area contributed by atoms with Crippen LogP contribution < -0.4 is 15.8 Å². The van der Waals surface area contributed by atoms with E-state index < -0.39 is 11.7 Å². The Bertz CT molecular complexity index is 1020. The summed E-state index contributed by atoms with van der Waals surface area (Å²) in [5.74, 6) is -0.157. The first kappa shape index (κ1) is 23.7. The van der Waals surface area contributed by atoms with Gasteiger partial charge >= 0.3 is 6.18 Å². The fourth-order valence-corrected chi connectivity index (χ4v) is 3.80. The molecule has 0 saturated carbocycles. The van der Waals surface area contributed by atoms with Gasteiger partial charge in [0.05, 0.1) is 12.1 Å². The minimum Gasteiger partial charge on any atom is -0.336 e. The number of carbonyl (C=O) groups excluding carboxylic acids is 1. The smallest absolute Gasteiger partial charge is 0.336 e. The quantitative estimate of drug-likeness (QED) is 0.627. The summed E-state index contributed by atoms with van der Waals surface area (Å²) in [6.07, 6.45) is -4.09. The molecule has 1 aliphatic rings. The van der Waals surface area contributed by atoms with Gasteiger partial charge in [0, 0.05) is 41.2 Å². The first-order valence-electron chi connectivity index (χ1n) is 10.4. The number of anilines is 2. The summed E-state index contributed by atoms with van der Waals surface area (Å²) >= 11 is 0. The number of allylic oxidation sites excluding steroid dienone is 1. The molecule has 1 heterocycles. The number of nitrogens with zero attached hydrogens (tertiary/aromatic N) is 2. The van der Waals surface area contributed by atoms with E-state index in [9.17, 15) is 18.0 Å². The van der Waals surface area contributed by atoms with E-state index in [1.54, 1.807) is 0 Å². The maximum absolute atomic E-state index is 13.4. The molecule has 0 unspecified atom stereocenters. The number of halogens is 3. The zero-order valence-corrected chi connectivity index (χ0v) is 19.0. The molecule has 0 saturated heterocycles. The minimum absolute atomic E-state index is 0.157. The summed E-state index contributed by atoms with van der Waals surface area (Å²) in [6, 6.07) is 9.77. The van der Waals surface area contributed by atoms with Crippen molar-refractivity contribution in [1.82, 2.24) is 15.8 Å². The Hall–Kier alpha value is -3.00. The van der Waals surface area contributed by atoms with Crippen molar-refractivity contribution in [3.63, 3.8) is 0 Å². The first-order valence-corrected chi connectivity index (χ1v) is 10.4. The number of amides is 1. The van der Waals surface area contributed by atoms with Crippen LogP contribution in [0.25, 0.3) is 5.57 Å². The van der Waals surface area contributed by atoms with E-state index >= 15 is 0 Å². The Morgan fingerprint density at radius 1 is 1.06 bits per heavy atom. The highest BCUT2D eigenvalue weighted by molar-refractivity contribution is 5.91. The van der Waals surface area contributed by atoms with Crippen LogP contribution in [0.2, 0.25) is 0 Å². The number of nitrogens with one attached hydrogen (secondary N) is 2. The molecule has 0 aliphatic carbocycles. The average molecular weight is 447 g/mol. The summed E-state index contributed by atoms with van der Waals surface area (Å²) in [6.45, 7) is 6.76. The maximum atomic E-state index is 13.4. The van der Waals surface area contributed by atoms with Gasteiger partial charge in [0.25, 0.3) is 0 Å². The third kappa shape index (κ3) is 5.43. The Labute approximate surface area is 186 Å². The largest absolute Gasteiger partial charge is 0.416 e. The van der Waals surface area contributed by atoms with Crippen LogP contribution in [0, 0.1) is 13.8 Å². The van der Waals surface area contributed by atoms with Crippen LogP contribution in [-0.4, -0.2) is 38.0 Å².